The van der Waals surface area contributed by atoms with Crippen LogP contribution < -0.4 is 10.1 Å². The number of aryl methyl sites for hydroxylation is 1. The molecular formula is C13H16N2O. The van der Waals surface area contributed by atoms with Crippen molar-refractivity contribution in [1.82, 2.24) is 0 Å². The number of hydrogen-bond acceptors (Lipinski definition) is 3. The summed E-state index contributed by atoms with van der Waals surface area (Å²) < 4.78 is 5.34. The second kappa shape index (κ2) is 4.05. The predicted molar refractivity (Wildman–Crippen MR) is 63.6 cm³/mol. The number of nitriles is 1. The largest absolute Gasteiger partial charge is 0.495 e. The van der Waals surface area contributed by atoms with Crippen molar-refractivity contribution >= 4 is 5.69 Å². The van der Waals surface area contributed by atoms with Crippen molar-refractivity contribution in [1.29, 1.82) is 5.26 Å². The van der Waals surface area contributed by atoms with Crippen LogP contribution in [-0.4, -0.2) is 12.6 Å². The molecule has 1 N–H and O–H groups in total. The van der Waals surface area contributed by atoms with Crippen LogP contribution >= 0.6 is 0 Å². The molecule has 1 aliphatic heterocycles. The minimum Gasteiger partial charge on any atom is -0.495 e. The van der Waals surface area contributed by atoms with Crippen molar-refractivity contribution in [3.8, 4) is 11.8 Å². The summed E-state index contributed by atoms with van der Waals surface area (Å²) >= 11 is 0. The first-order valence-corrected chi connectivity index (χ1v) is 5.49. The average molecular weight is 216 g/mol. The van der Waals surface area contributed by atoms with Gasteiger partial charge in [0.2, 0.25) is 0 Å². The van der Waals surface area contributed by atoms with Gasteiger partial charge in [-0.1, -0.05) is 12.1 Å². The Labute approximate surface area is 96.0 Å². The van der Waals surface area contributed by atoms with E-state index in [1.165, 1.54) is 5.56 Å². The molecule has 16 heavy (non-hydrogen) atoms. The Kier molecular flexibility index (Phi) is 2.74. The highest BCUT2D eigenvalue weighted by molar-refractivity contribution is 5.65. The first kappa shape index (κ1) is 10.8. The Hall–Kier alpha value is -1.69. The fourth-order valence-corrected chi connectivity index (χ4v) is 2.18. The van der Waals surface area contributed by atoms with Crippen molar-refractivity contribution in [3.63, 3.8) is 0 Å². The van der Waals surface area contributed by atoms with E-state index in [1.54, 1.807) is 7.11 Å². The number of anilines is 1. The molecule has 3 nitrogen and oxygen atoms in total. The molecule has 0 spiro atoms. The summed E-state index contributed by atoms with van der Waals surface area (Å²) in [6.45, 7) is 2.09. The van der Waals surface area contributed by atoms with Crippen LogP contribution in [0, 0.1) is 11.3 Å². The maximum Gasteiger partial charge on any atom is 0.142 e. The Morgan fingerprint density at radius 2 is 2.38 bits per heavy atom. The quantitative estimate of drug-likeness (QED) is 0.826. The van der Waals surface area contributed by atoms with E-state index in [9.17, 15) is 0 Å². The van der Waals surface area contributed by atoms with E-state index >= 15 is 0 Å². The summed E-state index contributed by atoms with van der Waals surface area (Å²) in [5.74, 6) is 0.862. The fourth-order valence-electron chi connectivity index (χ4n) is 2.18. The van der Waals surface area contributed by atoms with Crippen molar-refractivity contribution in [3.05, 3.63) is 23.8 Å². The number of fused-ring (bicyclic) bond motifs is 1. The number of nitrogens with one attached hydrogen (secondary N) is 1. The number of ether oxygens (including phenoxy) is 1. The Morgan fingerprint density at radius 3 is 3.06 bits per heavy atom. The van der Waals surface area contributed by atoms with Gasteiger partial charge in [-0.15, -0.1) is 0 Å². The molecule has 0 amide bonds. The van der Waals surface area contributed by atoms with E-state index in [2.05, 4.69) is 24.4 Å². The lowest BCUT2D eigenvalue weighted by molar-refractivity contribution is 0.406. The van der Waals surface area contributed by atoms with Crippen molar-refractivity contribution in [2.45, 2.75) is 31.7 Å². The molecule has 0 aliphatic carbocycles. The number of para-hydroxylation sites is 1. The van der Waals surface area contributed by atoms with E-state index in [0.717, 1.165) is 24.3 Å². The molecule has 0 radical (unpaired) electrons. The van der Waals surface area contributed by atoms with Crippen LogP contribution in [0.5, 0.6) is 5.75 Å². The molecule has 1 aromatic rings. The monoisotopic (exact) mass is 216 g/mol. The van der Waals surface area contributed by atoms with Gasteiger partial charge in [-0.05, 0) is 31.4 Å². The van der Waals surface area contributed by atoms with Crippen LogP contribution in [0.25, 0.3) is 0 Å². The van der Waals surface area contributed by atoms with Gasteiger partial charge in [0.05, 0.1) is 25.3 Å². The van der Waals surface area contributed by atoms with Crippen molar-refractivity contribution < 1.29 is 4.74 Å². The Bertz CT molecular complexity index is 422. The summed E-state index contributed by atoms with van der Waals surface area (Å²) in [7, 11) is 1.67. The molecule has 0 saturated heterocycles. The smallest absolute Gasteiger partial charge is 0.142 e. The van der Waals surface area contributed by atoms with E-state index in [-0.39, 0.29) is 5.54 Å². The molecule has 2 rings (SSSR count). The van der Waals surface area contributed by atoms with Crippen LogP contribution in [0.15, 0.2) is 18.2 Å². The molecule has 1 aromatic carbocycles. The third-order valence-corrected chi connectivity index (χ3v) is 3.17. The number of rotatable bonds is 2. The van der Waals surface area contributed by atoms with Crippen LogP contribution in [0.2, 0.25) is 0 Å². The summed E-state index contributed by atoms with van der Waals surface area (Å²) in [5.41, 5.74) is 2.19. The highest BCUT2D eigenvalue weighted by Crippen LogP contribution is 2.38. The molecule has 1 atom stereocenters. The predicted octanol–water partition coefficient (Wildman–Crippen LogP) is 2.73. The molecule has 0 fully saturated rings. The third kappa shape index (κ3) is 1.83. The summed E-state index contributed by atoms with van der Waals surface area (Å²) in [6, 6.07) is 8.31. The Balaban J connectivity index is 2.35. The second-order valence-corrected chi connectivity index (χ2v) is 4.51. The number of nitrogens with zero attached hydrogens (tertiary/aromatic N) is 1. The topological polar surface area (TPSA) is 45.0 Å². The van der Waals surface area contributed by atoms with E-state index in [1.807, 2.05) is 12.1 Å². The highest BCUT2D eigenvalue weighted by Gasteiger charge is 2.30. The van der Waals surface area contributed by atoms with Gasteiger partial charge >= 0.3 is 0 Å². The lowest BCUT2D eigenvalue weighted by Crippen LogP contribution is -2.38. The van der Waals surface area contributed by atoms with Gasteiger partial charge < -0.3 is 10.1 Å². The zero-order valence-electron chi connectivity index (χ0n) is 9.71. The lowest BCUT2D eigenvalue weighted by Gasteiger charge is -2.36. The van der Waals surface area contributed by atoms with Crippen LogP contribution in [-0.2, 0) is 6.42 Å². The maximum absolute atomic E-state index is 8.84. The van der Waals surface area contributed by atoms with Gasteiger partial charge in [-0.25, -0.2) is 0 Å². The van der Waals surface area contributed by atoms with Gasteiger partial charge in [0.25, 0.3) is 0 Å². The van der Waals surface area contributed by atoms with Gasteiger partial charge in [-0.3, -0.25) is 0 Å². The SMILES string of the molecule is COc1cccc2c1NC(C)(CC#N)CC2. The molecule has 1 heterocycles. The van der Waals surface area contributed by atoms with Gasteiger partial charge in [0.15, 0.2) is 0 Å². The minimum atomic E-state index is -0.129. The molecule has 1 aliphatic rings. The molecule has 1 unspecified atom stereocenters. The third-order valence-electron chi connectivity index (χ3n) is 3.17. The number of benzene rings is 1. The van der Waals surface area contributed by atoms with E-state index in [0.29, 0.717) is 6.42 Å². The molecule has 0 aromatic heterocycles. The standard InChI is InChI=1S/C13H16N2O/c1-13(8-9-14)7-6-10-4-3-5-11(16-2)12(10)15-13/h3-5,15H,6-8H2,1-2H3. The normalized spacial score (nSPS) is 22.8. The second-order valence-electron chi connectivity index (χ2n) is 4.51. The van der Waals surface area contributed by atoms with Crippen LogP contribution in [0.1, 0.15) is 25.3 Å². The minimum absolute atomic E-state index is 0.129. The van der Waals surface area contributed by atoms with Gasteiger partial charge in [0, 0.05) is 5.54 Å². The molecule has 0 bridgehead atoms. The average Bonchev–Trinajstić information content (AvgIpc) is 2.28. The fraction of sp³-hybridized carbons (Fsp3) is 0.462. The number of methoxy groups -OCH3 is 1. The number of hydrogen-bond donors (Lipinski definition) is 1. The summed E-state index contributed by atoms with van der Waals surface area (Å²) in [6.07, 6.45) is 2.50. The molecule has 84 valence electrons. The zero-order valence-corrected chi connectivity index (χ0v) is 9.71. The Morgan fingerprint density at radius 1 is 1.56 bits per heavy atom. The van der Waals surface area contributed by atoms with Crippen LogP contribution in [0.4, 0.5) is 5.69 Å². The van der Waals surface area contributed by atoms with Gasteiger partial charge in [-0.2, -0.15) is 5.26 Å². The van der Waals surface area contributed by atoms with E-state index in [4.69, 9.17) is 10.00 Å². The van der Waals surface area contributed by atoms with Crippen molar-refractivity contribution in [2.75, 3.05) is 12.4 Å². The highest BCUT2D eigenvalue weighted by atomic mass is 16.5. The maximum atomic E-state index is 8.84. The lowest BCUT2D eigenvalue weighted by atomic mass is 9.85. The molecular weight excluding hydrogens is 200 g/mol. The first-order valence-electron chi connectivity index (χ1n) is 5.49. The molecule has 0 saturated carbocycles. The zero-order chi connectivity index (χ0) is 11.6. The first-order chi connectivity index (χ1) is 7.68. The van der Waals surface area contributed by atoms with Gasteiger partial charge in [0.1, 0.15) is 5.75 Å². The molecule has 3 heteroatoms. The van der Waals surface area contributed by atoms with Crippen LogP contribution in [0.3, 0.4) is 0 Å². The summed E-state index contributed by atoms with van der Waals surface area (Å²) in [5, 5.41) is 12.3. The summed E-state index contributed by atoms with van der Waals surface area (Å²) in [4.78, 5) is 0. The van der Waals surface area contributed by atoms with Crippen molar-refractivity contribution in [2.24, 2.45) is 0 Å². The van der Waals surface area contributed by atoms with E-state index < -0.39 is 0 Å².